The fraction of sp³-hybridized carbons (Fsp3) is 0.100. The lowest BCUT2D eigenvalue weighted by atomic mass is 10.2. The van der Waals surface area contributed by atoms with Crippen molar-refractivity contribution in [3.05, 3.63) is 42.5 Å². The highest BCUT2D eigenvalue weighted by atomic mass is 32.1. The molecule has 82 valence electrons. The molecule has 2 N–H and O–H groups in total. The van der Waals surface area contributed by atoms with Crippen LogP contribution in [0.4, 0.5) is 5.69 Å². The number of rotatable bonds is 2. The molecule has 0 spiro atoms. The van der Waals surface area contributed by atoms with Crippen LogP contribution in [-0.4, -0.2) is 20.0 Å². The van der Waals surface area contributed by atoms with Crippen molar-refractivity contribution < 1.29 is 0 Å². The second-order valence-electron chi connectivity index (χ2n) is 3.30. The summed E-state index contributed by atoms with van der Waals surface area (Å²) >= 11 is 5.13. The van der Waals surface area contributed by atoms with Crippen LogP contribution in [0.2, 0.25) is 0 Å². The van der Waals surface area contributed by atoms with Crippen LogP contribution in [-0.2, 0) is 0 Å². The van der Waals surface area contributed by atoms with Crippen molar-refractivity contribution in [1.82, 2.24) is 14.9 Å². The highest BCUT2D eigenvalue weighted by Gasteiger charge is 1.97. The van der Waals surface area contributed by atoms with E-state index in [4.69, 9.17) is 12.2 Å². The largest absolute Gasteiger partial charge is 0.331 e. The monoisotopic (exact) mass is 233 g/mol. The van der Waals surface area contributed by atoms with Crippen molar-refractivity contribution in [2.45, 2.75) is 6.92 Å². The Labute approximate surface area is 98.5 Å². The van der Waals surface area contributed by atoms with Gasteiger partial charge in [-0.3, -0.25) is 5.43 Å². The molecule has 0 aliphatic carbocycles. The number of aryl methyl sites for hydroxylation is 1. The molecule has 0 unspecified atom stereocenters. The molecule has 0 amide bonds. The first-order chi connectivity index (χ1) is 7.74. The van der Waals surface area contributed by atoms with Crippen LogP contribution in [0, 0.1) is 6.92 Å². The van der Waals surface area contributed by atoms with E-state index < -0.39 is 0 Å². The second kappa shape index (κ2) is 4.71. The zero-order valence-corrected chi connectivity index (χ0v) is 9.53. The van der Waals surface area contributed by atoms with Gasteiger partial charge < -0.3 is 5.32 Å². The van der Waals surface area contributed by atoms with E-state index in [1.165, 1.54) is 18.2 Å². The van der Waals surface area contributed by atoms with E-state index in [1.807, 2.05) is 31.2 Å². The Bertz CT molecular complexity index is 480. The molecular weight excluding hydrogens is 222 g/mol. The maximum absolute atomic E-state index is 5.13. The first-order valence-electron chi connectivity index (χ1n) is 4.73. The molecule has 2 aromatic rings. The summed E-state index contributed by atoms with van der Waals surface area (Å²) in [4.78, 5) is 0. The van der Waals surface area contributed by atoms with E-state index in [1.54, 1.807) is 4.68 Å². The van der Waals surface area contributed by atoms with Crippen LogP contribution < -0.4 is 10.7 Å². The number of benzene rings is 1. The minimum atomic E-state index is 0.491. The average Bonchev–Trinajstić information content (AvgIpc) is 2.70. The standard InChI is InChI=1S/C10H11N5S/c1-8-3-2-4-9(5-8)13-10(16)14-15-6-11-12-7-15/h2-7H,1H3,(H2,13,14,16). The molecule has 0 radical (unpaired) electrons. The van der Waals surface area contributed by atoms with Gasteiger partial charge in [-0.15, -0.1) is 10.2 Å². The van der Waals surface area contributed by atoms with Gasteiger partial charge in [-0.25, -0.2) is 4.68 Å². The lowest BCUT2D eigenvalue weighted by Gasteiger charge is -2.10. The highest BCUT2D eigenvalue weighted by Crippen LogP contribution is 2.09. The molecule has 1 heterocycles. The Hall–Kier alpha value is -1.95. The molecule has 2 rings (SSSR count). The van der Waals surface area contributed by atoms with Crippen LogP contribution in [0.15, 0.2) is 36.9 Å². The predicted octanol–water partition coefficient (Wildman–Crippen LogP) is 1.53. The van der Waals surface area contributed by atoms with Crippen molar-refractivity contribution in [2.75, 3.05) is 10.7 Å². The fourth-order valence-electron chi connectivity index (χ4n) is 1.26. The molecule has 1 aromatic heterocycles. The van der Waals surface area contributed by atoms with Gasteiger partial charge in [0.25, 0.3) is 0 Å². The van der Waals surface area contributed by atoms with Gasteiger partial charge in [0.15, 0.2) is 5.11 Å². The number of anilines is 1. The third-order valence-corrected chi connectivity index (χ3v) is 2.12. The third-order valence-electron chi connectivity index (χ3n) is 1.93. The minimum absolute atomic E-state index is 0.491. The molecule has 0 aliphatic heterocycles. The summed E-state index contributed by atoms with van der Waals surface area (Å²) < 4.78 is 1.57. The van der Waals surface area contributed by atoms with Crippen molar-refractivity contribution >= 4 is 23.0 Å². The molecule has 1 aromatic carbocycles. The fourth-order valence-corrected chi connectivity index (χ4v) is 1.48. The van der Waals surface area contributed by atoms with E-state index in [0.717, 1.165) is 5.69 Å². The van der Waals surface area contributed by atoms with E-state index in [2.05, 4.69) is 20.9 Å². The Morgan fingerprint density at radius 1 is 1.31 bits per heavy atom. The molecule has 5 nitrogen and oxygen atoms in total. The van der Waals surface area contributed by atoms with E-state index in [9.17, 15) is 0 Å². The smallest absolute Gasteiger partial charge is 0.190 e. The third kappa shape index (κ3) is 2.77. The Morgan fingerprint density at radius 3 is 2.75 bits per heavy atom. The topological polar surface area (TPSA) is 54.8 Å². The molecule has 0 saturated carbocycles. The summed E-state index contributed by atoms with van der Waals surface area (Å²) in [6, 6.07) is 7.97. The van der Waals surface area contributed by atoms with Gasteiger partial charge in [0.2, 0.25) is 0 Å². The van der Waals surface area contributed by atoms with E-state index in [0.29, 0.717) is 5.11 Å². The zero-order valence-electron chi connectivity index (χ0n) is 8.71. The summed E-state index contributed by atoms with van der Waals surface area (Å²) in [5.41, 5.74) is 5.03. The van der Waals surface area contributed by atoms with Crippen LogP contribution in [0.3, 0.4) is 0 Å². The van der Waals surface area contributed by atoms with Crippen molar-refractivity contribution in [1.29, 1.82) is 0 Å². The molecule has 0 aliphatic rings. The van der Waals surface area contributed by atoms with Gasteiger partial charge in [-0.2, -0.15) is 0 Å². The lowest BCUT2D eigenvalue weighted by Crippen LogP contribution is -2.26. The number of nitrogens with zero attached hydrogens (tertiary/aromatic N) is 3. The summed E-state index contributed by atoms with van der Waals surface area (Å²) in [5, 5.41) is 10.9. The summed E-state index contributed by atoms with van der Waals surface area (Å²) in [6.45, 7) is 2.03. The van der Waals surface area contributed by atoms with E-state index in [-0.39, 0.29) is 0 Å². The Balaban J connectivity index is 1.97. The molecule has 6 heteroatoms. The van der Waals surface area contributed by atoms with Crippen molar-refractivity contribution in [2.24, 2.45) is 0 Å². The maximum Gasteiger partial charge on any atom is 0.190 e. The quantitative estimate of drug-likeness (QED) is 0.770. The predicted molar refractivity (Wildman–Crippen MR) is 66.8 cm³/mol. The van der Waals surface area contributed by atoms with E-state index >= 15 is 0 Å². The SMILES string of the molecule is Cc1cccc(NC(=S)Nn2cnnc2)c1. The van der Waals surface area contributed by atoms with Gasteiger partial charge in [-0.1, -0.05) is 12.1 Å². The number of hydrogen-bond donors (Lipinski definition) is 2. The van der Waals surface area contributed by atoms with Crippen LogP contribution >= 0.6 is 12.2 Å². The van der Waals surface area contributed by atoms with Crippen molar-refractivity contribution in [3.8, 4) is 0 Å². The van der Waals surface area contributed by atoms with Gasteiger partial charge in [0.05, 0.1) is 0 Å². The Morgan fingerprint density at radius 2 is 2.06 bits per heavy atom. The zero-order chi connectivity index (χ0) is 11.4. The molecule has 0 bridgehead atoms. The molecule has 0 saturated heterocycles. The van der Waals surface area contributed by atoms with Gasteiger partial charge >= 0.3 is 0 Å². The molecule has 16 heavy (non-hydrogen) atoms. The average molecular weight is 233 g/mol. The number of hydrogen-bond acceptors (Lipinski definition) is 3. The summed E-state index contributed by atoms with van der Waals surface area (Å²) in [6.07, 6.45) is 3.06. The van der Waals surface area contributed by atoms with Gasteiger partial charge in [0, 0.05) is 5.69 Å². The highest BCUT2D eigenvalue weighted by molar-refractivity contribution is 7.80. The number of thiocarbonyl (C=S) groups is 1. The normalized spacial score (nSPS) is 9.81. The number of aromatic nitrogens is 3. The first-order valence-corrected chi connectivity index (χ1v) is 5.14. The number of nitrogens with one attached hydrogen (secondary N) is 2. The summed E-state index contributed by atoms with van der Waals surface area (Å²) in [7, 11) is 0. The van der Waals surface area contributed by atoms with Crippen LogP contribution in [0.1, 0.15) is 5.56 Å². The minimum Gasteiger partial charge on any atom is -0.331 e. The second-order valence-corrected chi connectivity index (χ2v) is 3.71. The summed E-state index contributed by atoms with van der Waals surface area (Å²) in [5.74, 6) is 0. The van der Waals surface area contributed by atoms with Crippen LogP contribution in [0.5, 0.6) is 0 Å². The molecule has 0 fully saturated rings. The Kier molecular flexibility index (Phi) is 3.11. The van der Waals surface area contributed by atoms with Gasteiger partial charge in [-0.05, 0) is 36.8 Å². The lowest BCUT2D eigenvalue weighted by molar-refractivity contribution is 0.974. The first kappa shape index (κ1) is 10.6. The molecule has 0 atom stereocenters. The van der Waals surface area contributed by atoms with Crippen LogP contribution in [0.25, 0.3) is 0 Å². The maximum atomic E-state index is 5.13. The van der Waals surface area contributed by atoms with Gasteiger partial charge in [0.1, 0.15) is 12.7 Å². The molecular formula is C10H11N5S. The van der Waals surface area contributed by atoms with Crippen molar-refractivity contribution in [3.63, 3.8) is 0 Å².